The number of carboxylic acids is 1. The third-order valence-corrected chi connectivity index (χ3v) is 2.87. The highest BCUT2D eigenvalue weighted by atomic mass is 16.4. The number of urea groups is 1. The summed E-state index contributed by atoms with van der Waals surface area (Å²) >= 11 is 0. The Bertz CT molecular complexity index is 250. The van der Waals surface area contributed by atoms with E-state index in [9.17, 15) is 9.59 Å². The molecule has 5 heteroatoms. The molecular formula is C11H20N2O3. The van der Waals surface area contributed by atoms with Gasteiger partial charge in [-0.15, -0.1) is 0 Å². The maximum atomic E-state index is 12.0. The molecule has 0 spiro atoms. The number of hydrogen-bond donors (Lipinski definition) is 1. The van der Waals surface area contributed by atoms with Crippen LogP contribution in [0.1, 0.15) is 32.6 Å². The molecule has 0 radical (unpaired) electrons. The first-order valence-corrected chi connectivity index (χ1v) is 5.90. The van der Waals surface area contributed by atoms with Crippen molar-refractivity contribution in [2.24, 2.45) is 0 Å². The Kier molecular flexibility index (Phi) is 5.08. The zero-order valence-electron chi connectivity index (χ0n) is 9.81. The molecule has 0 atom stereocenters. The van der Waals surface area contributed by atoms with Crippen LogP contribution in [0.25, 0.3) is 0 Å². The molecule has 1 heterocycles. The van der Waals surface area contributed by atoms with E-state index < -0.39 is 5.97 Å². The van der Waals surface area contributed by atoms with Crippen LogP contribution in [0.5, 0.6) is 0 Å². The van der Waals surface area contributed by atoms with Crippen LogP contribution >= 0.6 is 0 Å². The summed E-state index contributed by atoms with van der Waals surface area (Å²) in [7, 11) is 0. The Hall–Kier alpha value is -1.26. The van der Waals surface area contributed by atoms with E-state index in [1.54, 1.807) is 4.90 Å². The highest BCUT2D eigenvalue weighted by molar-refractivity contribution is 5.75. The number of rotatable bonds is 4. The lowest BCUT2D eigenvalue weighted by Crippen LogP contribution is -2.46. The number of aliphatic carboxylic acids is 1. The predicted octanol–water partition coefficient (Wildman–Crippen LogP) is 1.39. The van der Waals surface area contributed by atoms with Crippen LogP contribution < -0.4 is 0 Å². The van der Waals surface area contributed by atoms with Gasteiger partial charge in [0, 0.05) is 26.2 Å². The number of hydrogen-bond acceptors (Lipinski definition) is 2. The van der Waals surface area contributed by atoms with Gasteiger partial charge in [-0.1, -0.05) is 0 Å². The summed E-state index contributed by atoms with van der Waals surface area (Å²) in [5.74, 6) is -0.857. The standard InChI is InChI=1S/C11H20N2O3/c1-2-12(9-6-10(14)15)11(16)13-7-4-3-5-8-13/h2-9H2,1H3,(H,14,15). The van der Waals surface area contributed by atoms with Gasteiger partial charge in [-0.2, -0.15) is 0 Å². The fraction of sp³-hybridized carbons (Fsp3) is 0.818. The van der Waals surface area contributed by atoms with Crippen molar-refractivity contribution >= 4 is 12.0 Å². The number of carbonyl (C=O) groups is 2. The molecule has 0 saturated carbocycles. The molecule has 0 unspecified atom stereocenters. The second-order valence-electron chi connectivity index (χ2n) is 4.05. The van der Waals surface area contributed by atoms with Crippen LogP contribution in [0.3, 0.4) is 0 Å². The van der Waals surface area contributed by atoms with E-state index in [0.717, 1.165) is 25.9 Å². The molecule has 16 heavy (non-hydrogen) atoms. The zero-order chi connectivity index (χ0) is 12.0. The van der Waals surface area contributed by atoms with Crippen LogP contribution in [-0.2, 0) is 4.79 Å². The highest BCUT2D eigenvalue weighted by Gasteiger charge is 2.21. The molecule has 0 aliphatic carbocycles. The fourth-order valence-electron chi connectivity index (χ4n) is 1.90. The Labute approximate surface area is 96.0 Å². The van der Waals surface area contributed by atoms with Gasteiger partial charge >= 0.3 is 12.0 Å². The Balaban J connectivity index is 2.44. The van der Waals surface area contributed by atoms with Gasteiger partial charge in [0.25, 0.3) is 0 Å². The average molecular weight is 228 g/mol. The van der Waals surface area contributed by atoms with Gasteiger partial charge in [-0.25, -0.2) is 4.79 Å². The minimum absolute atomic E-state index is 0.0107. The van der Waals surface area contributed by atoms with Crippen molar-refractivity contribution in [2.45, 2.75) is 32.6 Å². The maximum absolute atomic E-state index is 12.0. The molecule has 0 bridgehead atoms. The van der Waals surface area contributed by atoms with E-state index in [1.165, 1.54) is 6.42 Å². The van der Waals surface area contributed by atoms with Gasteiger partial charge in [0.2, 0.25) is 0 Å². The SMILES string of the molecule is CCN(CCC(=O)O)C(=O)N1CCCCC1. The number of piperidine rings is 1. The molecule has 5 nitrogen and oxygen atoms in total. The molecule has 92 valence electrons. The summed E-state index contributed by atoms with van der Waals surface area (Å²) in [5.41, 5.74) is 0. The third kappa shape index (κ3) is 3.72. The molecule has 0 aromatic carbocycles. The average Bonchev–Trinajstić information content (AvgIpc) is 2.30. The normalized spacial score (nSPS) is 15.9. The summed E-state index contributed by atoms with van der Waals surface area (Å²) in [6.45, 7) is 4.37. The first kappa shape index (κ1) is 12.8. The van der Waals surface area contributed by atoms with Crippen molar-refractivity contribution in [3.05, 3.63) is 0 Å². The van der Waals surface area contributed by atoms with Crippen LogP contribution in [0.15, 0.2) is 0 Å². The van der Waals surface area contributed by atoms with E-state index in [1.807, 2.05) is 11.8 Å². The first-order chi connectivity index (χ1) is 7.65. The fourth-order valence-corrected chi connectivity index (χ4v) is 1.90. The lowest BCUT2D eigenvalue weighted by molar-refractivity contribution is -0.137. The lowest BCUT2D eigenvalue weighted by atomic mass is 10.1. The van der Waals surface area contributed by atoms with E-state index in [0.29, 0.717) is 13.1 Å². The number of likely N-dealkylation sites (tertiary alicyclic amines) is 1. The summed E-state index contributed by atoms with van der Waals surface area (Å²) in [4.78, 5) is 25.9. The molecule has 2 amide bonds. The number of carboxylic acid groups (broad SMARTS) is 1. The molecule has 1 rings (SSSR count). The molecule has 0 aromatic heterocycles. The predicted molar refractivity (Wildman–Crippen MR) is 60.3 cm³/mol. The number of carbonyl (C=O) groups excluding carboxylic acids is 1. The van der Waals surface area contributed by atoms with E-state index >= 15 is 0 Å². The number of nitrogens with zero attached hydrogens (tertiary/aromatic N) is 2. The zero-order valence-corrected chi connectivity index (χ0v) is 9.81. The van der Waals surface area contributed by atoms with Gasteiger partial charge in [-0.3, -0.25) is 4.79 Å². The summed E-state index contributed by atoms with van der Waals surface area (Å²) < 4.78 is 0. The van der Waals surface area contributed by atoms with Crippen LogP contribution in [-0.4, -0.2) is 53.1 Å². The number of amides is 2. The van der Waals surface area contributed by atoms with Crippen molar-refractivity contribution in [2.75, 3.05) is 26.2 Å². The summed E-state index contributed by atoms with van der Waals surface area (Å²) in [5, 5.41) is 8.60. The molecule has 1 saturated heterocycles. The van der Waals surface area contributed by atoms with Crippen molar-refractivity contribution in [1.82, 2.24) is 9.80 Å². The summed E-state index contributed by atoms with van der Waals surface area (Å²) in [6, 6.07) is -0.0107. The van der Waals surface area contributed by atoms with Gasteiger partial charge in [-0.05, 0) is 26.2 Å². The minimum Gasteiger partial charge on any atom is -0.481 e. The molecular weight excluding hydrogens is 208 g/mol. The maximum Gasteiger partial charge on any atom is 0.320 e. The van der Waals surface area contributed by atoms with Crippen LogP contribution in [0.4, 0.5) is 4.79 Å². The van der Waals surface area contributed by atoms with E-state index in [2.05, 4.69) is 0 Å². The van der Waals surface area contributed by atoms with E-state index in [-0.39, 0.29) is 12.5 Å². The van der Waals surface area contributed by atoms with Gasteiger partial charge in [0.05, 0.1) is 6.42 Å². The van der Waals surface area contributed by atoms with Crippen molar-refractivity contribution in [3.63, 3.8) is 0 Å². The third-order valence-electron chi connectivity index (χ3n) is 2.87. The Morgan fingerprint density at radius 2 is 1.88 bits per heavy atom. The monoisotopic (exact) mass is 228 g/mol. The van der Waals surface area contributed by atoms with E-state index in [4.69, 9.17) is 5.11 Å². The van der Waals surface area contributed by atoms with Gasteiger partial charge < -0.3 is 14.9 Å². The summed E-state index contributed by atoms with van der Waals surface area (Å²) in [6.07, 6.45) is 3.32. The van der Waals surface area contributed by atoms with Gasteiger partial charge in [0.1, 0.15) is 0 Å². The van der Waals surface area contributed by atoms with Crippen LogP contribution in [0.2, 0.25) is 0 Å². The molecule has 1 fully saturated rings. The lowest BCUT2D eigenvalue weighted by Gasteiger charge is -2.32. The second kappa shape index (κ2) is 6.35. The second-order valence-corrected chi connectivity index (χ2v) is 4.05. The molecule has 1 N–H and O–H groups in total. The smallest absolute Gasteiger partial charge is 0.320 e. The largest absolute Gasteiger partial charge is 0.481 e. The van der Waals surface area contributed by atoms with Crippen LogP contribution in [0, 0.1) is 0 Å². The first-order valence-electron chi connectivity index (χ1n) is 5.90. The Morgan fingerprint density at radius 1 is 1.25 bits per heavy atom. The van der Waals surface area contributed by atoms with Crippen molar-refractivity contribution in [3.8, 4) is 0 Å². The quantitative estimate of drug-likeness (QED) is 0.791. The van der Waals surface area contributed by atoms with Crippen molar-refractivity contribution in [1.29, 1.82) is 0 Å². The van der Waals surface area contributed by atoms with Crippen molar-refractivity contribution < 1.29 is 14.7 Å². The molecule has 0 aromatic rings. The highest BCUT2D eigenvalue weighted by Crippen LogP contribution is 2.11. The van der Waals surface area contributed by atoms with Gasteiger partial charge in [0.15, 0.2) is 0 Å². The molecule has 1 aliphatic rings. The minimum atomic E-state index is -0.857. The topological polar surface area (TPSA) is 60.9 Å². The molecule has 1 aliphatic heterocycles. The Morgan fingerprint density at radius 3 is 2.38 bits per heavy atom.